The van der Waals surface area contributed by atoms with Crippen LogP contribution in [0.5, 0.6) is 0 Å². The fraction of sp³-hybridized carbons (Fsp3) is 0.105. The summed E-state index contributed by atoms with van der Waals surface area (Å²) in [6, 6.07) is 10.7. The lowest BCUT2D eigenvalue weighted by Crippen LogP contribution is -2.13. The average molecular weight is 419 g/mol. The molecule has 0 spiro atoms. The Hall–Kier alpha value is -2.78. The smallest absolute Gasteiger partial charge is 0.236 e. The van der Waals surface area contributed by atoms with E-state index in [1.165, 1.54) is 36.1 Å². The lowest BCUT2D eigenvalue weighted by Gasteiger charge is -2.05. The van der Waals surface area contributed by atoms with Crippen molar-refractivity contribution in [2.75, 3.05) is 16.4 Å². The van der Waals surface area contributed by atoms with E-state index >= 15 is 0 Å². The first-order valence-corrected chi connectivity index (χ1v) is 9.98. The standard InChI is InChI=1S/C19H15F2N3O2S2/c1-11(25)22-13-3-5-14(6-4-13)27-10-18(26)24-19-23-17(9-28-19)12-2-7-15(20)16(21)8-12/h2-9H,10H2,1H3,(H,22,25)(H,23,24,26). The van der Waals surface area contributed by atoms with E-state index in [1.54, 1.807) is 17.5 Å². The summed E-state index contributed by atoms with van der Waals surface area (Å²) in [5, 5.41) is 7.41. The molecule has 0 unspecified atom stereocenters. The van der Waals surface area contributed by atoms with Gasteiger partial charge in [-0.2, -0.15) is 0 Å². The summed E-state index contributed by atoms with van der Waals surface area (Å²) in [4.78, 5) is 28.2. The Morgan fingerprint density at radius 3 is 2.50 bits per heavy atom. The molecule has 0 aliphatic heterocycles. The molecule has 0 bridgehead atoms. The first-order chi connectivity index (χ1) is 13.4. The van der Waals surface area contributed by atoms with Crippen LogP contribution in [0, 0.1) is 11.6 Å². The molecule has 0 atom stereocenters. The summed E-state index contributed by atoms with van der Waals surface area (Å²) >= 11 is 2.55. The third-order valence-corrected chi connectivity index (χ3v) is 5.28. The number of nitrogens with zero attached hydrogens (tertiary/aromatic N) is 1. The van der Waals surface area contributed by atoms with Gasteiger partial charge in [-0.05, 0) is 42.5 Å². The second-order valence-electron chi connectivity index (χ2n) is 5.71. The molecule has 0 saturated heterocycles. The maximum atomic E-state index is 13.3. The zero-order valence-corrected chi connectivity index (χ0v) is 16.3. The third kappa shape index (κ3) is 5.37. The molecule has 3 rings (SSSR count). The van der Waals surface area contributed by atoms with Crippen molar-refractivity contribution in [3.63, 3.8) is 0 Å². The second-order valence-corrected chi connectivity index (χ2v) is 7.62. The minimum Gasteiger partial charge on any atom is -0.326 e. The number of thioether (sulfide) groups is 1. The van der Waals surface area contributed by atoms with Crippen LogP contribution in [0.1, 0.15) is 6.92 Å². The molecule has 0 fully saturated rings. The van der Waals surface area contributed by atoms with Crippen molar-refractivity contribution in [1.29, 1.82) is 0 Å². The number of amides is 2. The molecular formula is C19H15F2N3O2S2. The van der Waals surface area contributed by atoms with Crippen molar-refractivity contribution >= 4 is 45.7 Å². The predicted octanol–water partition coefficient (Wildman–Crippen LogP) is 4.78. The van der Waals surface area contributed by atoms with Crippen LogP contribution in [0.15, 0.2) is 52.7 Å². The number of nitrogens with one attached hydrogen (secondary N) is 2. The zero-order chi connectivity index (χ0) is 20.1. The Morgan fingerprint density at radius 2 is 1.82 bits per heavy atom. The monoisotopic (exact) mass is 419 g/mol. The summed E-state index contributed by atoms with van der Waals surface area (Å²) < 4.78 is 26.4. The Bertz CT molecular complexity index is 1010. The van der Waals surface area contributed by atoms with Gasteiger partial charge in [0, 0.05) is 28.5 Å². The number of anilines is 2. The molecule has 3 aromatic rings. The summed E-state index contributed by atoms with van der Waals surface area (Å²) in [6.45, 7) is 1.43. The predicted molar refractivity (Wildman–Crippen MR) is 108 cm³/mol. The molecule has 0 radical (unpaired) electrons. The number of carbonyl (C=O) groups is 2. The summed E-state index contributed by atoms with van der Waals surface area (Å²) in [5.74, 6) is -2.07. The van der Waals surface area contributed by atoms with Gasteiger partial charge in [0.2, 0.25) is 11.8 Å². The molecule has 1 heterocycles. The third-order valence-electron chi connectivity index (χ3n) is 3.51. The Kier molecular flexibility index (Phi) is 6.37. The first-order valence-electron chi connectivity index (χ1n) is 8.12. The van der Waals surface area contributed by atoms with Gasteiger partial charge in [-0.3, -0.25) is 9.59 Å². The number of benzene rings is 2. The lowest BCUT2D eigenvalue weighted by atomic mass is 10.2. The molecule has 9 heteroatoms. The van der Waals surface area contributed by atoms with E-state index < -0.39 is 11.6 Å². The number of hydrogen-bond acceptors (Lipinski definition) is 5. The highest BCUT2D eigenvalue weighted by Gasteiger charge is 2.11. The van der Waals surface area contributed by atoms with Gasteiger partial charge >= 0.3 is 0 Å². The van der Waals surface area contributed by atoms with E-state index in [2.05, 4.69) is 15.6 Å². The number of thiazole rings is 1. The van der Waals surface area contributed by atoms with Gasteiger partial charge in [-0.25, -0.2) is 13.8 Å². The average Bonchev–Trinajstić information content (AvgIpc) is 3.11. The number of halogens is 2. The largest absolute Gasteiger partial charge is 0.326 e. The van der Waals surface area contributed by atoms with Crippen LogP contribution < -0.4 is 10.6 Å². The number of aromatic nitrogens is 1. The van der Waals surface area contributed by atoms with E-state index in [0.717, 1.165) is 17.0 Å². The highest BCUT2D eigenvalue weighted by molar-refractivity contribution is 8.00. The highest BCUT2D eigenvalue weighted by Crippen LogP contribution is 2.26. The van der Waals surface area contributed by atoms with Gasteiger partial charge in [0.05, 0.1) is 11.4 Å². The molecule has 144 valence electrons. The van der Waals surface area contributed by atoms with Crippen LogP contribution >= 0.6 is 23.1 Å². The van der Waals surface area contributed by atoms with E-state index in [9.17, 15) is 18.4 Å². The van der Waals surface area contributed by atoms with E-state index in [1.807, 2.05) is 12.1 Å². The van der Waals surface area contributed by atoms with Gasteiger partial charge in [0.15, 0.2) is 16.8 Å². The van der Waals surface area contributed by atoms with Crippen molar-refractivity contribution < 1.29 is 18.4 Å². The van der Waals surface area contributed by atoms with Crippen LogP contribution in [0.3, 0.4) is 0 Å². The SMILES string of the molecule is CC(=O)Nc1ccc(SCC(=O)Nc2nc(-c3ccc(F)c(F)c3)cs2)cc1. The quantitative estimate of drug-likeness (QED) is 0.564. The van der Waals surface area contributed by atoms with Crippen LogP contribution in [-0.4, -0.2) is 22.6 Å². The minimum absolute atomic E-state index is 0.147. The van der Waals surface area contributed by atoms with Crippen molar-refractivity contribution in [2.24, 2.45) is 0 Å². The molecule has 0 aliphatic carbocycles. The molecule has 2 amide bonds. The Labute approximate surface area is 168 Å². The molecule has 0 saturated carbocycles. The maximum absolute atomic E-state index is 13.3. The molecule has 28 heavy (non-hydrogen) atoms. The van der Waals surface area contributed by atoms with Crippen LogP contribution in [0.2, 0.25) is 0 Å². The van der Waals surface area contributed by atoms with E-state index in [4.69, 9.17) is 0 Å². The molecule has 5 nitrogen and oxygen atoms in total. The fourth-order valence-corrected chi connectivity index (χ4v) is 3.70. The Morgan fingerprint density at radius 1 is 1.07 bits per heavy atom. The topological polar surface area (TPSA) is 71.1 Å². The van der Waals surface area contributed by atoms with Gasteiger partial charge in [-0.1, -0.05) is 0 Å². The number of carbonyl (C=O) groups excluding carboxylic acids is 2. The maximum Gasteiger partial charge on any atom is 0.236 e. The molecule has 2 aromatic carbocycles. The zero-order valence-electron chi connectivity index (χ0n) is 14.7. The van der Waals surface area contributed by atoms with Gasteiger partial charge in [0.1, 0.15) is 0 Å². The first kappa shape index (κ1) is 20.0. The van der Waals surface area contributed by atoms with Crippen LogP contribution in [0.4, 0.5) is 19.6 Å². The Balaban J connectivity index is 1.54. The van der Waals surface area contributed by atoms with Crippen molar-refractivity contribution in [3.05, 3.63) is 59.5 Å². The lowest BCUT2D eigenvalue weighted by molar-refractivity contribution is -0.114. The van der Waals surface area contributed by atoms with Crippen LogP contribution in [-0.2, 0) is 9.59 Å². The van der Waals surface area contributed by atoms with Gasteiger partial charge in [0.25, 0.3) is 0 Å². The summed E-state index contributed by atoms with van der Waals surface area (Å²) in [7, 11) is 0. The highest BCUT2D eigenvalue weighted by atomic mass is 32.2. The number of rotatable bonds is 6. The summed E-state index contributed by atoms with van der Waals surface area (Å²) in [6.07, 6.45) is 0. The minimum atomic E-state index is -0.947. The van der Waals surface area contributed by atoms with Gasteiger partial charge in [-0.15, -0.1) is 23.1 Å². The molecule has 2 N–H and O–H groups in total. The van der Waals surface area contributed by atoms with Crippen molar-refractivity contribution in [2.45, 2.75) is 11.8 Å². The van der Waals surface area contributed by atoms with E-state index in [0.29, 0.717) is 22.1 Å². The normalized spacial score (nSPS) is 10.5. The van der Waals surface area contributed by atoms with E-state index in [-0.39, 0.29) is 17.6 Å². The summed E-state index contributed by atoms with van der Waals surface area (Å²) in [5.41, 5.74) is 1.58. The molecule has 0 aliphatic rings. The van der Waals surface area contributed by atoms with Crippen molar-refractivity contribution in [3.8, 4) is 11.3 Å². The molecule has 1 aromatic heterocycles. The van der Waals surface area contributed by atoms with Crippen LogP contribution in [0.25, 0.3) is 11.3 Å². The molecular weight excluding hydrogens is 404 g/mol. The second kappa shape index (κ2) is 8.94. The fourth-order valence-electron chi connectivity index (χ4n) is 2.26. The van der Waals surface area contributed by atoms with Crippen molar-refractivity contribution in [1.82, 2.24) is 4.98 Å². The van der Waals surface area contributed by atoms with Gasteiger partial charge < -0.3 is 10.6 Å². The number of hydrogen-bond donors (Lipinski definition) is 2.